The van der Waals surface area contributed by atoms with Gasteiger partial charge in [0.2, 0.25) is 17.7 Å². The van der Waals surface area contributed by atoms with Gasteiger partial charge < -0.3 is 14.7 Å². The number of hydrogen-bond donors (Lipinski definition) is 0. The van der Waals surface area contributed by atoms with Crippen LogP contribution in [-0.2, 0) is 19.2 Å². The van der Waals surface area contributed by atoms with Gasteiger partial charge in [-0.25, -0.2) is 0 Å². The summed E-state index contributed by atoms with van der Waals surface area (Å²) in [7, 11) is 0. The molecule has 0 aromatic carbocycles. The molecule has 1 fully saturated rings. The van der Waals surface area contributed by atoms with Crippen LogP contribution in [0, 0.1) is 16.2 Å². The molecule has 0 atom stereocenters. The van der Waals surface area contributed by atoms with Gasteiger partial charge in [-0.2, -0.15) is 11.8 Å². The van der Waals surface area contributed by atoms with Crippen LogP contribution in [0.1, 0.15) is 94.4 Å². The third-order valence-corrected chi connectivity index (χ3v) is 6.75. The van der Waals surface area contributed by atoms with Gasteiger partial charge in [0, 0.05) is 30.4 Å². The van der Waals surface area contributed by atoms with Gasteiger partial charge in [0.15, 0.2) is 0 Å². The van der Waals surface area contributed by atoms with E-state index < -0.39 is 0 Å². The second kappa shape index (κ2) is 12.4. The second-order valence-electron chi connectivity index (χ2n) is 12.8. The maximum absolute atomic E-state index is 13.0. The lowest BCUT2D eigenvalue weighted by molar-refractivity contribution is -0.159. The lowest BCUT2D eigenvalue weighted by Crippen LogP contribution is -2.59. The van der Waals surface area contributed by atoms with Crippen molar-refractivity contribution >= 4 is 35.3 Å². The molecule has 7 nitrogen and oxygen atoms in total. The summed E-state index contributed by atoms with van der Waals surface area (Å²) in [5.41, 5.74) is -0.318. The Morgan fingerprint density at radius 1 is 0.618 bits per heavy atom. The minimum absolute atomic E-state index is 0.0326. The number of ketones is 1. The van der Waals surface area contributed by atoms with E-state index in [2.05, 4.69) is 41.5 Å². The Bertz CT molecular complexity index is 694. The highest BCUT2D eigenvalue weighted by atomic mass is 32.2. The normalized spacial score (nSPS) is 15.5. The minimum Gasteiger partial charge on any atom is -0.307 e. The number of rotatable bonds is 9. The lowest BCUT2D eigenvalue weighted by Gasteiger charge is -2.42. The van der Waals surface area contributed by atoms with Crippen molar-refractivity contribution in [2.24, 2.45) is 16.2 Å². The number of Topliss-reactive ketones (excluding diaryl/α,β-unsaturated/α-hetero) is 1. The Balaban J connectivity index is 2.79. The second-order valence-corrected chi connectivity index (χ2v) is 13.9. The topological polar surface area (TPSA) is 78.0 Å². The van der Waals surface area contributed by atoms with Crippen molar-refractivity contribution < 1.29 is 19.2 Å². The average Bonchev–Trinajstić information content (AvgIpc) is 2.70. The van der Waals surface area contributed by atoms with Crippen LogP contribution in [-0.4, -0.2) is 69.7 Å². The number of amides is 3. The van der Waals surface area contributed by atoms with E-state index in [0.29, 0.717) is 24.3 Å². The molecule has 1 heterocycles. The van der Waals surface area contributed by atoms with Crippen molar-refractivity contribution in [3.8, 4) is 0 Å². The molecule has 0 aliphatic carbocycles. The molecule has 0 saturated carbocycles. The van der Waals surface area contributed by atoms with Gasteiger partial charge >= 0.3 is 0 Å². The summed E-state index contributed by atoms with van der Waals surface area (Å²) < 4.78 is 0. The van der Waals surface area contributed by atoms with Gasteiger partial charge in [-0.05, 0) is 23.7 Å². The summed E-state index contributed by atoms with van der Waals surface area (Å²) in [6.45, 7) is 18.9. The quantitative estimate of drug-likeness (QED) is 0.430. The van der Waals surface area contributed by atoms with E-state index in [0.717, 1.165) is 12.8 Å². The molecular weight excluding hydrogens is 450 g/mol. The van der Waals surface area contributed by atoms with Crippen LogP contribution in [0.2, 0.25) is 0 Å². The first-order valence-corrected chi connectivity index (χ1v) is 13.5. The summed E-state index contributed by atoms with van der Waals surface area (Å²) in [6, 6.07) is 0. The largest absolute Gasteiger partial charge is 0.307 e. The van der Waals surface area contributed by atoms with Crippen LogP contribution < -0.4 is 0 Å². The summed E-state index contributed by atoms with van der Waals surface area (Å²) in [4.78, 5) is 55.8. The molecule has 196 valence electrons. The first-order valence-electron chi connectivity index (χ1n) is 12.3. The van der Waals surface area contributed by atoms with Gasteiger partial charge in [-0.1, -0.05) is 62.3 Å². The van der Waals surface area contributed by atoms with E-state index in [-0.39, 0.29) is 66.2 Å². The molecule has 0 aromatic heterocycles. The molecule has 0 bridgehead atoms. The average molecular weight is 498 g/mol. The number of carbonyl (C=O) groups is 4. The molecular formula is C26H47N3O4S. The highest BCUT2D eigenvalue weighted by Crippen LogP contribution is 2.24. The SMILES string of the molecule is CC(C)(C)CCC(=O)N1CN(C(=O)CCSCC(=O)C(C)(C)C)CN(C(=O)CCC(C)(C)C)C1. The Labute approximate surface area is 211 Å². The smallest absolute Gasteiger partial charge is 0.226 e. The van der Waals surface area contributed by atoms with Crippen LogP contribution in [0.4, 0.5) is 0 Å². The van der Waals surface area contributed by atoms with Crippen LogP contribution in [0.3, 0.4) is 0 Å². The predicted molar refractivity (Wildman–Crippen MR) is 139 cm³/mol. The molecule has 0 unspecified atom stereocenters. The molecule has 0 radical (unpaired) electrons. The minimum atomic E-state index is -0.383. The molecule has 3 amide bonds. The maximum atomic E-state index is 13.0. The summed E-state index contributed by atoms with van der Waals surface area (Å²) in [5, 5.41) is 0. The Hall–Kier alpha value is -1.57. The molecule has 0 spiro atoms. The first-order chi connectivity index (χ1) is 15.4. The summed E-state index contributed by atoms with van der Waals surface area (Å²) >= 11 is 1.46. The lowest BCUT2D eigenvalue weighted by atomic mass is 9.90. The highest BCUT2D eigenvalue weighted by molar-refractivity contribution is 7.99. The fraction of sp³-hybridized carbons (Fsp3) is 0.846. The molecule has 8 heteroatoms. The van der Waals surface area contributed by atoms with Crippen molar-refractivity contribution in [2.45, 2.75) is 94.4 Å². The zero-order valence-corrected chi connectivity index (χ0v) is 23.8. The zero-order valence-electron chi connectivity index (χ0n) is 23.0. The van der Waals surface area contributed by atoms with Crippen molar-refractivity contribution in [3.05, 3.63) is 0 Å². The third kappa shape index (κ3) is 11.7. The fourth-order valence-corrected chi connectivity index (χ4v) is 4.29. The van der Waals surface area contributed by atoms with Crippen molar-refractivity contribution in [1.29, 1.82) is 0 Å². The molecule has 34 heavy (non-hydrogen) atoms. The summed E-state index contributed by atoms with van der Waals surface area (Å²) in [6.07, 6.45) is 2.54. The van der Waals surface area contributed by atoms with E-state index in [1.165, 1.54) is 11.8 Å². The third-order valence-electron chi connectivity index (χ3n) is 5.79. The van der Waals surface area contributed by atoms with Crippen LogP contribution in [0.5, 0.6) is 0 Å². The first kappa shape index (κ1) is 30.5. The monoisotopic (exact) mass is 497 g/mol. The van der Waals surface area contributed by atoms with Gasteiger partial charge in [0.1, 0.15) is 5.78 Å². The van der Waals surface area contributed by atoms with Gasteiger partial charge in [0.25, 0.3) is 0 Å². The standard InChI is InChI=1S/C26H47N3O4S/c1-24(2,3)13-10-21(31)27-17-28(22(32)11-14-25(4,5)6)19-29(18-27)23(33)12-15-34-16-20(30)26(7,8)9/h10-19H2,1-9H3. The Morgan fingerprint density at radius 2 is 0.971 bits per heavy atom. The molecule has 1 aliphatic heterocycles. The number of hydrogen-bond acceptors (Lipinski definition) is 5. The molecule has 0 aromatic rings. The highest BCUT2D eigenvalue weighted by Gasteiger charge is 2.32. The maximum Gasteiger partial charge on any atom is 0.226 e. The van der Waals surface area contributed by atoms with E-state index in [1.807, 2.05) is 20.8 Å². The fourth-order valence-electron chi connectivity index (χ4n) is 3.20. The zero-order chi connectivity index (χ0) is 26.3. The van der Waals surface area contributed by atoms with E-state index in [9.17, 15) is 19.2 Å². The number of carbonyl (C=O) groups excluding carboxylic acids is 4. The van der Waals surface area contributed by atoms with Crippen molar-refractivity contribution in [2.75, 3.05) is 31.5 Å². The van der Waals surface area contributed by atoms with E-state index in [4.69, 9.17) is 0 Å². The summed E-state index contributed by atoms with van der Waals surface area (Å²) in [5.74, 6) is 0.905. The van der Waals surface area contributed by atoms with E-state index >= 15 is 0 Å². The van der Waals surface area contributed by atoms with Gasteiger partial charge in [0.05, 0.1) is 25.8 Å². The van der Waals surface area contributed by atoms with Gasteiger partial charge in [-0.3, -0.25) is 19.2 Å². The van der Waals surface area contributed by atoms with Crippen LogP contribution in [0.15, 0.2) is 0 Å². The molecule has 1 aliphatic rings. The number of nitrogens with zero attached hydrogens (tertiary/aromatic N) is 3. The molecule has 1 rings (SSSR count). The van der Waals surface area contributed by atoms with Crippen LogP contribution >= 0.6 is 11.8 Å². The Morgan fingerprint density at radius 3 is 1.29 bits per heavy atom. The van der Waals surface area contributed by atoms with Crippen molar-refractivity contribution in [3.63, 3.8) is 0 Å². The van der Waals surface area contributed by atoms with Crippen LogP contribution in [0.25, 0.3) is 0 Å². The predicted octanol–water partition coefficient (Wildman–Crippen LogP) is 4.75. The van der Waals surface area contributed by atoms with Crippen molar-refractivity contribution in [1.82, 2.24) is 14.7 Å². The molecule has 1 saturated heterocycles. The molecule has 0 N–H and O–H groups in total. The van der Waals surface area contributed by atoms with Gasteiger partial charge in [-0.15, -0.1) is 0 Å². The Kier molecular flexibility index (Phi) is 11.1. The van der Waals surface area contributed by atoms with E-state index in [1.54, 1.807) is 14.7 Å². The number of thioether (sulfide) groups is 1.